The van der Waals surface area contributed by atoms with Crippen molar-refractivity contribution in [1.29, 1.82) is 0 Å². The molecule has 1 aliphatic heterocycles. The topological polar surface area (TPSA) is 85.0 Å². The summed E-state index contributed by atoms with van der Waals surface area (Å²) in [5.41, 5.74) is 6.52. The highest BCUT2D eigenvalue weighted by Crippen LogP contribution is 2.31. The molecule has 0 radical (unpaired) electrons. The van der Waals surface area contributed by atoms with Crippen LogP contribution in [0.1, 0.15) is 34.8 Å². The Morgan fingerprint density at radius 2 is 1.46 bits per heavy atom. The fraction of sp³-hybridized carbons (Fsp3) is 0.295. The van der Waals surface area contributed by atoms with Gasteiger partial charge in [0.2, 0.25) is 0 Å². The van der Waals surface area contributed by atoms with E-state index in [4.69, 9.17) is 0 Å². The molecule has 0 aliphatic carbocycles. The van der Waals surface area contributed by atoms with Crippen molar-refractivity contribution < 1.29 is 13.2 Å². The molecule has 1 amide bonds. The van der Waals surface area contributed by atoms with E-state index in [9.17, 15) is 13.2 Å². The Labute approximate surface area is 325 Å². The van der Waals surface area contributed by atoms with E-state index in [-0.39, 0.29) is 10.4 Å². The summed E-state index contributed by atoms with van der Waals surface area (Å²) in [6, 6.07) is 41.6. The normalized spacial score (nSPS) is 14.8. The fourth-order valence-corrected chi connectivity index (χ4v) is 8.81. The Hall–Kier alpha value is -4.61. The van der Waals surface area contributed by atoms with Gasteiger partial charge in [0.25, 0.3) is 15.9 Å². The van der Waals surface area contributed by atoms with Gasteiger partial charge in [-0.3, -0.25) is 9.69 Å². The molecule has 1 fully saturated rings. The van der Waals surface area contributed by atoms with E-state index < -0.39 is 15.9 Å². The lowest BCUT2D eigenvalue weighted by molar-refractivity contribution is 0.0981. The predicted molar refractivity (Wildman–Crippen MR) is 224 cm³/mol. The molecule has 6 rings (SSSR count). The highest BCUT2D eigenvalue weighted by molar-refractivity contribution is 7.99. The highest BCUT2D eigenvalue weighted by atomic mass is 32.2. The smallest absolute Gasteiger partial charge is 0.264 e. The van der Waals surface area contributed by atoms with Crippen LogP contribution in [-0.4, -0.2) is 82.2 Å². The van der Waals surface area contributed by atoms with Gasteiger partial charge >= 0.3 is 0 Å². The van der Waals surface area contributed by atoms with Crippen LogP contribution in [0.5, 0.6) is 0 Å². The third-order valence-electron chi connectivity index (χ3n) is 9.95. The fourth-order valence-electron chi connectivity index (χ4n) is 6.70. The summed E-state index contributed by atoms with van der Waals surface area (Å²) >= 11 is 1.80. The molecule has 2 N–H and O–H groups in total. The quantitative estimate of drug-likeness (QED) is 0.104. The molecule has 1 saturated heterocycles. The van der Waals surface area contributed by atoms with Crippen LogP contribution in [0.4, 0.5) is 11.4 Å². The monoisotopic (exact) mass is 761 g/mol. The maximum absolute atomic E-state index is 13.4. The molecule has 1 unspecified atom stereocenters. The van der Waals surface area contributed by atoms with Crippen molar-refractivity contribution in [3.05, 3.63) is 144 Å². The molecular weight excluding hydrogens is 711 g/mol. The second-order valence-electron chi connectivity index (χ2n) is 14.6. The number of amides is 1. The molecule has 0 spiro atoms. The van der Waals surface area contributed by atoms with E-state index in [1.165, 1.54) is 21.6 Å². The van der Waals surface area contributed by atoms with Gasteiger partial charge in [0.05, 0.1) is 4.90 Å². The molecule has 1 atom stereocenters. The van der Waals surface area contributed by atoms with Gasteiger partial charge in [0.1, 0.15) is 0 Å². The van der Waals surface area contributed by atoms with Crippen molar-refractivity contribution in [2.24, 2.45) is 0 Å². The first kappa shape index (κ1) is 39.1. The summed E-state index contributed by atoms with van der Waals surface area (Å²) in [7, 11) is 0.0324. The maximum atomic E-state index is 13.4. The molecule has 5 aromatic rings. The minimum atomic E-state index is -4.10. The number of sulfonamides is 1. The predicted octanol–water partition coefficient (Wildman–Crippen LogP) is 8.02. The zero-order valence-corrected chi connectivity index (χ0v) is 33.3. The zero-order chi connectivity index (χ0) is 38.1. The molecule has 8 nitrogen and oxygen atoms in total. The first-order valence-electron chi connectivity index (χ1n) is 18.5. The largest absolute Gasteiger partial charge is 0.379 e. The Morgan fingerprint density at radius 1 is 0.815 bits per heavy atom. The molecule has 5 aromatic carbocycles. The Balaban J connectivity index is 1.04. The lowest BCUT2D eigenvalue weighted by Crippen LogP contribution is -2.46. The van der Waals surface area contributed by atoms with Crippen LogP contribution in [0.2, 0.25) is 0 Å². The number of carbonyl (C=O) groups excluding carboxylic acids is 1. The molecule has 10 heteroatoms. The van der Waals surface area contributed by atoms with Gasteiger partial charge < -0.3 is 15.1 Å². The van der Waals surface area contributed by atoms with Gasteiger partial charge in [-0.25, -0.2) is 13.1 Å². The Bertz CT molecular complexity index is 2100. The van der Waals surface area contributed by atoms with Crippen molar-refractivity contribution in [2.45, 2.75) is 42.1 Å². The van der Waals surface area contributed by atoms with Crippen LogP contribution in [0.15, 0.2) is 137 Å². The number of anilines is 2. The van der Waals surface area contributed by atoms with Crippen molar-refractivity contribution in [3.8, 4) is 11.1 Å². The van der Waals surface area contributed by atoms with Crippen LogP contribution >= 0.6 is 11.8 Å². The molecule has 1 aliphatic rings. The molecule has 1 heterocycles. The van der Waals surface area contributed by atoms with Gasteiger partial charge in [-0.2, -0.15) is 0 Å². The van der Waals surface area contributed by atoms with Crippen LogP contribution in [0, 0.1) is 6.92 Å². The van der Waals surface area contributed by atoms with Crippen molar-refractivity contribution >= 4 is 39.1 Å². The van der Waals surface area contributed by atoms with E-state index >= 15 is 0 Å². The Morgan fingerprint density at radius 3 is 2.13 bits per heavy atom. The van der Waals surface area contributed by atoms with Gasteiger partial charge in [-0.1, -0.05) is 72.8 Å². The van der Waals surface area contributed by atoms with Gasteiger partial charge in [-0.05, 0) is 118 Å². The lowest BCUT2D eigenvalue weighted by Gasteiger charge is -2.36. The number of rotatable bonds is 15. The average Bonchev–Trinajstić information content (AvgIpc) is 3.18. The highest BCUT2D eigenvalue weighted by Gasteiger charge is 2.27. The second-order valence-corrected chi connectivity index (χ2v) is 17.3. The summed E-state index contributed by atoms with van der Waals surface area (Å²) in [6.07, 6.45) is 0.897. The van der Waals surface area contributed by atoms with Gasteiger partial charge in [-0.15, -0.1) is 11.8 Å². The number of hydrogen-bond donors (Lipinski definition) is 2. The molecule has 282 valence electrons. The number of carbonyl (C=O) groups is 1. The number of aryl methyl sites for hydroxylation is 1. The van der Waals surface area contributed by atoms with Gasteiger partial charge in [0, 0.05) is 65.8 Å². The standard InChI is InChI=1S/C44H51N5O3S2/c1-34-31-40(23-24-42(34)45-44(2,25-26-47(3)4)33-53-39-16-9-6-10-17-39)54(51,52)46-43(50)36-19-21-38(22-20-36)49-29-27-48(28-30-49)32-37-15-11-12-18-41(37)35-13-7-5-8-14-35/h5-24,31,45H,25-30,32-33H2,1-4H3,(H,46,50). The zero-order valence-electron chi connectivity index (χ0n) is 31.7. The van der Waals surface area contributed by atoms with Crippen LogP contribution < -0.4 is 14.9 Å². The molecule has 54 heavy (non-hydrogen) atoms. The summed E-state index contributed by atoms with van der Waals surface area (Å²) in [5.74, 6) is 0.178. The first-order valence-corrected chi connectivity index (χ1v) is 20.9. The molecular formula is C44H51N5O3S2. The lowest BCUT2D eigenvalue weighted by atomic mass is 9.98. The number of thioether (sulfide) groups is 1. The summed E-state index contributed by atoms with van der Waals surface area (Å²) in [5, 5.41) is 3.71. The number of piperazine rings is 1. The van der Waals surface area contributed by atoms with Crippen molar-refractivity contribution in [3.63, 3.8) is 0 Å². The van der Waals surface area contributed by atoms with Crippen molar-refractivity contribution in [1.82, 2.24) is 14.5 Å². The maximum Gasteiger partial charge on any atom is 0.264 e. The van der Waals surface area contributed by atoms with E-state index in [1.807, 2.05) is 43.3 Å². The van der Waals surface area contributed by atoms with Crippen molar-refractivity contribution in [2.75, 3.05) is 62.8 Å². The number of benzene rings is 5. The van der Waals surface area contributed by atoms with E-state index in [0.29, 0.717) is 5.56 Å². The summed E-state index contributed by atoms with van der Waals surface area (Å²) in [4.78, 5) is 21.4. The number of hydrogen-bond acceptors (Lipinski definition) is 8. The van der Waals surface area contributed by atoms with E-state index in [1.54, 1.807) is 42.1 Å². The van der Waals surface area contributed by atoms with Crippen LogP contribution in [-0.2, 0) is 16.6 Å². The third kappa shape index (κ3) is 10.3. The molecule has 0 bridgehead atoms. The first-order chi connectivity index (χ1) is 26.0. The van der Waals surface area contributed by atoms with Crippen LogP contribution in [0.25, 0.3) is 11.1 Å². The Kier molecular flexibility index (Phi) is 12.8. The molecule has 0 saturated carbocycles. The van der Waals surface area contributed by atoms with E-state index in [2.05, 4.69) is 106 Å². The molecule has 0 aromatic heterocycles. The second kappa shape index (κ2) is 17.7. The van der Waals surface area contributed by atoms with Crippen LogP contribution in [0.3, 0.4) is 0 Å². The minimum Gasteiger partial charge on any atom is -0.379 e. The number of nitrogens with zero attached hydrogens (tertiary/aromatic N) is 3. The number of nitrogens with one attached hydrogen (secondary N) is 2. The third-order valence-corrected chi connectivity index (χ3v) is 12.7. The summed E-state index contributed by atoms with van der Waals surface area (Å²) < 4.78 is 29.1. The van der Waals surface area contributed by atoms with Gasteiger partial charge in [0.15, 0.2) is 0 Å². The van der Waals surface area contributed by atoms with E-state index in [0.717, 1.165) is 68.4 Å². The SMILES string of the molecule is Cc1cc(S(=O)(=O)NC(=O)c2ccc(N3CCN(Cc4ccccc4-c4ccccc4)CC3)cc2)ccc1NC(C)(CCN(C)C)CSc1ccccc1. The average molecular weight is 762 g/mol. The minimum absolute atomic E-state index is 0.0495. The summed E-state index contributed by atoms with van der Waals surface area (Å²) in [6.45, 7) is 9.43.